The Morgan fingerprint density at radius 2 is 1.20 bits per heavy atom. The summed E-state index contributed by atoms with van der Waals surface area (Å²) in [6, 6.07) is 0. The van der Waals surface area contributed by atoms with Crippen molar-refractivity contribution >= 4 is 59.2 Å². The zero-order valence-corrected chi connectivity index (χ0v) is 14.4. The van der Waals surface area contributed by atoms with Crippen LogP contribution in [0.15, 0.2) is 0 Å². The third kappa shape index (κ3) is 11.9. The molecule has 2 N–H and O–H groups in total. The molecule has 1 atom stereocenters. The quantitative estimate of drug-likeness (QED) is 0.300. The van der Waals surface area contributed by atoms with Crippen LogP contribution in [0.2, 0.25) is 0 Å². The van der Waals surface area contributed by atoms with E-state index in [9.17, 15) is 9.59 Å². The second-order valence-electron chi connectivity index (χ2n) is 4.34. The van der Waals surface area contributed by atoms with Gasteiger partial charge in [-0.1, -0.05) is 48.9 Å². The predicted molar refractivity (Wildman–Crippen MR) is 87.8 cm³/mol. The lowest BCUT2D eigenvalue weighted by Gasteiger charge is -2.06. The first-order chi connectivity index (χ1) is 9.45. The van der Waals surface area contributed by atoms with Crippen molar-refractivity contribution in [3.63, 3.8) is 0 Å². The summed E-state index contributed by atoms with van der Waals surface area (Å²) in [6.07, 6.45) is 6.14. The SMILES string of the molecule is O=C(NCCCCCCCCNC(=O)[C@H](S)Cl)C(Cl)Cl. The zero-order chi connectivity index (χ0) is 15.4. The van der Waals surface area contributed by atoms with Gasteiger partial charge in [-0.2, -0.15) is 12.6 Å². The number of rotatable bonds is 11. The van der Waals surface area contributed by atoms with Crippen molar-refractivity contribution in [2.45, 2.75) is 48.1 Å². The minimum atomic E-state index is -0.991. The third-order valence-electron chi connectivity index (χ3n) is 2.62. The Hall–Kier alpha value is 0.160. The highest BCUT2D eigenvalue weighted by molar-refractivity contribution is 7.83. The minimum absolute atomic E-state index is 0.248. The minimum Gasteiger partial charge on any atom is -0.354 e. The second kappa shape index (κ2) is 12.9. The van der Waals surface area contributed by atoms with Gasteiger partial charge in [0, 0.05) is 13.1 Å². The van der Waals surface area contributed by atoms with Crippen LogP contribution in [0.5, 0.6) is 0 Å². The second-order valence-corrected chi connectivity index (χ2v) is 6.69. The lowest BCUT2D eigenvalue weighted by molar-refractivity contribution is -0.120. The number of alkyl halides is 3. The monoisotopic (exact) mass is 362 g/mol. The van der Waals surface area contributed by atoms with Gasteiger partial charge in [-0.3, -0.25) is 9.59 Å². The Kier molecular flexibility index (Phi) is 13.0. The third-order valence-corrected chi connectivity index (χ3v) is 3.45. The molecule has 0 aromatic heterocycles. The van der Waals surface area contributed by atoms with Gasteiger partial charge in [0.1, 0.15) is 0 Å². The number of thiol groups is 1. The molecule has 0 aliphatic heterocycles. The van der Waals surface area contributed by atoms with Crippen molar-refractivity contribution in [1.29, 1.82) is 0 Å². The number of unbranched alkanes of at least 4 members (excludes halogenated alkanes) is 5. The van der Waals surface area contributed by atoms with Crippen LogP contribution in [-0.2, 0) is 9.59 Å². The molecule has 0 bridgehead atoms. The number of amides is 2. The maximum absolute atomic E-state index is 11.1. The fourth-order valence-electron chi connectivity index (χ4n) is 1.54. The standard InChI is InChI=1S/C12H21Cl3N2O2S/c13-9(14)11(18)16-7-5-3-1-2-4-6-8-17-12(19)10(15)20/h9-10,20H,1-8H2,(H,16,18)(H,17,19)/t10-/m0/s1. The first-order valence-electron chi connectivity index (χ1n) is 6.61. The zero-order valence-electron chi connectivity index (χ0n) is 11.2. The van der Waals surface area contributed by atoms with Gasteiger partial charge in [-0.25, -0.2) is 0 Å². The number of carbonyl (C=O) groups is 2. The van der Waals surface area contributed by atoms with E-state index < -0.39 is 9.55 Å². The van der Waals surface area contributed by atoms with Crippen LogP contribution in [0.3, 0.4) is 0 Å². The van der Waals surface area contributed by atoms with Crippen LogP contribution in [0.1, 0.15) is 38.5 Å². The molecule has 0 spiro atoms. The van der Waals surface area contributed by atoms with Crippen molar-refractivity contribution < 1.29 is 9.59 Å². The molecule has 0 fully saturated rings. The normalized spacial score (nSPS) is 12.2. The van der Waals surface area contributed by atoms with Gasteiger partial charge in [0.2, 0.25) is 5.91 Å². The van der Waals surface area contributed by atoms with Crippen LogP contribution < -0.4 is 10.6 Å². The largest absolute Gasteiger partial charge is 0.354 e. The Bertz CT molecular complexity index is 264. The summed E-state index contributed by atoms with van der Waals surface area (Å²) < 4.78 is -0.772. The van der Waals surface area contributed by atoms with Gasteiger partial charge in [0.25, 0.3) is 5.91 Å². The van der Waals surface area contributed by atoms with Gasteiger partial charge in [-0.15, -0.1) is 11.6 Å². The maximum atomic E-state index is 11.1. The van der Waals surface area contributed by atoms with E-state index in [1.54, 1.807) is 0 Å². The van der Waals surface area contributed by atoms with Crippen LogP contribution in [0, 0.1) is 0 Å². The summed E-state index contributed by atoms with van der Waals surface area (Å²) in [5.74, 6) is -0.589. The van der Waals surface area contributed by atoms with Crippen LogP contribution >= 0.6 is 47.4 Å². The van der Waals surface area contributed by atoms with Crippen LogP contribution in [0.4, 0.5) is 0 Å². The van der Waals surface area contributed by atoms with E-state index in [1.165, 1.54) is 0 Å². The van der Waals surface area contributed by atoms with E-state index in [-0.39, 0.29) is 11.8 Å². The molecule has 0 aromatic rings. The van der Waals surface area contributed by atoms with Crippen molar-refractivity contribution in [3.8, 4) is 0 Å². The Balaban J connectivity index is 3.21. The molecule has 0 aliphatic carbocycles. The Morgan fingerprint density at radius 3 is 1.60 bits per heavy atom. The Labute approximate surface area is 140 Å². The first-order valence-corrected chi connectivity index (χ1v) is 8.43. The van der Waals surface area contributed by atoms with Gasteiger partial charge in [0.15, 0.2) is 9.55 Å². The average Bonchev–Trinajstić information content (AvgIpc) is 2.39. The van der Waals surface area contributed by atoms with Gasteiger partial charge in [-0.05, 0) is 12.8 Å². The topological polar surface area (TPSA) is 58.2 Å². The van der Waals surface area contributed by atoms with E-state index in [0.717, 1.165) is 38.5 Å². The molecule has 0 saturated carbocycles. The molecule has 0 unspecified atom stereocenters. The number of hydrogen-bond donors (Lipinski definition) is 3. The highest BCUT2D eigenvalue weighted by Gasteiger charge is 2.09. The van der Waals surface area contributed by atoms with Crippen molar-refractivity contribution in [2.75, 3.05) is 13.1 Å². The lowest BCUT2D eigenvalue weighted by Crippen LogP contribution is -2.29. The van der Waals surface area contributed by atoms with Crippen molar-refractivity contribution in [2.24, 2.45) is 0 Å². The summed E-state index contributed by atoms with van der Waals surface area (Å²) >= 11 is 20.1. The molecule has 0 saturated heterocycles. The summed E-state index contributed by atoms with van der Waals surface area (Å²) in [4.78, 5) is 21.1. The predicted octanol–water partition coefficient (Wildman–Crippen LogP) is 2.86. The van der Waals surface area contributed by atoms with E-state index in [4.69, 9.17) is 34.8 Å². The fraction of sp³-hybridized carbons (Fsp3) is 0.833. The Morgan fingerprint density at radius 1 is 0.800 bits per heavy atom. The number of nitrogens with one attached hydrogen (secondary N) is 2. The molecular formula is C12H21Cl3N2O2S. The van der Waals surface area contributed by atoms with Crippen LogP contribution in [-0.4, -0.2) is 34.4 Å². The molecule has 0 radical (unpaired) electrons. The summed E-state index contributed by atoms with van der Waals surface area (Å²) in [5, 5.41) is 5.34. The highest BCUT2D eigenvalue weighted by Crippen LogP contribution is 2.06. The molecule has 0 aromatic carbocycles. The smallest absolute Gasteiger partial charge is 0.253 e. The number of carbonyl (C=O) groups excluding carboxylic acids is 2. The lowest BCUT2D eigenvalue weighted by atomic mass is 10.1. The molecule has 0 rings (SSSR count). The average molecular weight is 364 g/mol. The van der Waals surface area contributed by atoms with Crippen molar-refractivity contribution in [1.82, 2.24) is 10.6 Å². The first kappa shape index (κ1) is 20.2. The van der Waals surface area contributed by atoms with Crippen molar-refractivity contribution in [3.05, 3.63) is 0 Å². The molecule has 0 aliphatic rings. The summed E-state index contributed by atoms with van der Waals surface area (Å²) in [6.45, 7) is 1.23. The number of halogens is 3. The van der Waals surface area contributed by atoms with E-state index in [0.29, 0.717) is 13.1 Å². The number of hydrogen-bond acceptors (Lipinski definition) is 3. The molecule has 8 heteroatoms. The molecule has 20 heavy (non-hydrogen) atoms. The molecule has 0 heterocycles. The van der Waals surface area contributed by atoms with E-state index >= 15 is 0 Å². The molecule has 118 valence electrons. The van der Waals surface area contributed by atoms with Gasteiger partial charge >= 0.3 is 0 Å². The van der Waals surface area contributed by atoms with Crippen LogP contribution in [0.25, 0.3) is 0 Å². The maximum Gasteiger partial charge on any atom is 0.253 e. The van der Waals surface area contributed by atoms with Gasteiger partial charge in [0.05, 0.1) is 0 Å². The summed E-state index contributed by atoms with van der Waals surface area (Å²) in [7, 11) is 0. The fourth-order valence-corrected chi connectivity index (χ4v) is 1.86. The molecular weight excluding hydrogens is 343 g/mol. The van der Waals surface area contributed by atoms with E-state index in [2.05, 4.69) is 23.3 Å². The highest BCUT2D eigenvalue weighted by atomic mass is 35.5. The summed E-state index contributed by atoms with van der Waals surface area (Å²) in [5.41, 5.74) is 0. The molecule has 2 amide bonds. The van der Waals surface area contributed by atoms with E-state index in [1.807, 2.05) is 0 Å². The van der Waals surface area contributed by atoms with Gasteiger partial charge < -0.3 is 10.6 Å². The molecule has 4 nitrogen and oxygen atoms in total.